The number of nitrogens with zero attached hydrogens (tertiary/aromatic N) is 3. The highest BCUT2D eigenvalue weighted by atomic mass is 32.2. The number of amides is 1. The Morgan fingerprint density at radius 2 is 1.71 bits per heavy atom. The second-order valence-corrected chi connectivity index (χ2v) is 9.37. The lowest BCUT2D eigenvalue weighted by Crippen LogP contribution is -2.15. The zero-order valence-corrected chi connectivity index (χ0v) is 20.5. The van der Waals surface area contributed by atoms with Gasteiger partial charge in [0.1, 0.15) is 18.2 Å². The summed E-state index contributed by atoms with van der Waals surface area (Å²) >= 11 is 1.28. The normalized spacial score (nSPS) is 11.0. The molecule has 4 aromatic rings. The molecule has 1 N–H and O–H groups in total. The third kappa shape index (κ3) is 6.70. The summed E-state index contributed by atoms with van der Waals surface area (Å²) in [5.41, 5.74) is 2.16. The first-order valence-corrected chi connectivity index (χ1v) is 12.4. The van der Waals surface area contributed by atoms with Crippen molar-refractivity contribution in [1.82, 2.24) is 14.8 Å². The van der Waals surface area contributed by atoms with Crippen LogP contribution in [0, 0.1) is 11.7 Å². The molecule has 0 bridgehead atoms. The number of anilines is 1. The van der Waals surface area contributed by atoms with Crippen molar-refractivity contribution in [3.63, 3.8) is 0 Å². The van der Waals surface area contributed by atoms with Crippen LogP contribution in [0.4, 0.5) is 10.1 Å². The van der Waals surface area contributed by atoms with Gasteiger partial charge in [-0.05, 0) is 47.9 Å². The van der Waals surface area contributed by atoms with Crippen LogP contribution >= 0.6 is 11.8 Å². The van der Waals surface area contributed by atoms with E-state index in [0.29, 0.717) is 41.3 Å². The van der Waals surface area contributed by atoms with E-state index in [2.05, 4.69) is 29.4 Å². The Balaban J connectivity index is 1.35. The molecule has 0 saturated carbocycles. The highest BCUT2D eigenvalue weighted by molar-refractivity contribution is 7.99. The number of nitrogens with one attached hydrogen (secondary N) is 1. The number of ether oxygens (including phenoxy) is 1. The molecule has 1 aromatic heterocycles. The maximum Gasteiger partial charge on any atom is 0.234 e. The fraction of sp³-hybridized carbons (Fsp3) is 0.222. The molecular weight excluding hydrogens is 463 g/mol. The van der Waals surface area contributed by atoms with Gasteiger partial charge in [-0.15, -0.1) is 10.2 Å². The summed E-state index contributed by atoms with van der Waals surface area (Å²) in [6.45, 7) is 5.24. The molecule has 0 aliphatic heterocycles. The lowest BCUT2D eigenvalue weighted by atomic mass is 10.2. The van der Waals surface area contributed by atoms with Crippen LogP contribution in [0.3, 0.4) is 0 Å². The second-order valence-electron chi connectivity index (χ2n) is 8.43. The summed E-state index contributed by atoms with van der Waals surface area (Å²) in [5, 5.41) is 11.9. The molecule has 0 spiro atoms. The first kappa shape index (κ1) is 24.5. The van der Waals surface area contributed by atoms with Gasteiger partial charge < -0.3 is 14.6 Å². The Kier molecular flexibility index (Phi) is 8.15. The van der Waals surface area contributed by atoms with Crippen LogP contribution in [0.1, 0.15) is 19.4 Å². The second kappa shape index (κ2) is 11.7. The summed E-state index contributed by atoms with van der Waals surface area (Å²) in [6.07, 6.45) is 0. The minimum Gasteiger partial charge on any atom is -0.489 e. The quantitative estimate of drug-likeness (QED) is 0.274. The molecule has 0 radical (unpaired) electrons. The molecule has 180 valence electrons. The van der Waals surface area contributed by atoms with E-state index in [1.165, 1.54) is 17.8 Å². The van der Waals surface area contributed by atoms with Crippen LogP contribution in [-0.4, -0.2) is 26.4 Å². The minimum atomic E-state index is -0.351. The number of rotatable bonds is 10. The highest BCUT2D eigenvalue weighted by Crippen LogP contribution is 2.27. The molecule has 0 unspecified atom stereocenters. The lowest BCUT2D eigenvalue weighted by molar-refractivity contribution is -0.113. The Bertz CT molecular complexity index is 1260. The third-order valence-corrected chi connectivity index (χ3v) is 6.06. The predicted molar refractivity (Wildman–Crippen MR) is 137 cm³/mol. The van der Waals surface area contributed by atoms with Gasteiger partial charge in [-0.1, -0.05) is 68.1 Å². The number of hydrogen-bond donors (Lipinski definition) is 1. The van der Waals surface area contributed by atoms with Gasteiger partial charge in [0.25, 0.3) is 0 Å². The van der Waals surface area contributed by atoms with Crippen LogP contribution in [0.15, 0.2) is 84.0 Å². The minimum absolute atomic E-state index is 0.153. The van der Waals surface area contributed by atoms with Crippen molar-refractivity contribution in [3.8, 4) is 17.1 Å². The van der Waals surface area contributed by atoms with Crippen molar-refractivity contribution in [2.75, 3.05) is 11.1 Å². The molecule has 6 nitrogen and oxygen atoms in total. The standard InChI is InChI=1S/C27H27FN4O2S/c1-19(2)16-32-26(23-10-6-7-11-24(23)28)30-31-27(32)35-18-25(33)29-21-12-14-22(15-13-21)34-17-20-8-4-3-5-9-20/h3-15,19H,16-18H2,1-2H3,(H,29,33). The lowest BCUT2D eigenvalue weighted by Gasteiger charge is -2.13. The molecule has 35 heavy (non-hydrogen) atoms. The highest BCUT2D eigenvalue weighted by Gasteiger charge is 2.18. The summed E-state index contributed by atoms with van der Waals surface area (Å²) in [6, 6.07) is 23.7. The van der Waals surface area contributed by atoms with Crippen molar-refractivity contribution in [3.05, 3.63) is 90.2 Å². The Hall–Kier alpha value is -3.65. The SMILES string of the molecule is CC(C)Cn1c(SCC(=O)Nc2ccc(OCc3ccccc3)cc2)nnc1-c1ccccc1F. The van der Waals surface area contributed by atoms with Crippen LogP contribution in [0.2, 0.25) is 0 Å². The molecular formula is C27H27FN4O2S. The van der Waals surface area contributed by atoms with Gasteiger partial charge in [0.15, 0.2) is 11.0 Å². The van der Waals surface area contributed by atoms with Crippen molar-refractivity contribution >= 4 is 23.4 Å². The van der Waals surface area contributed by atoms with Crippen molar-refractivity contribution in [1.29, 1.82) is 0 Å². The van der Waals surface area contributed by atoms with Gasteiger partial charge in [0.2, 0.25) is 5.91 Å². The number of benzene rings is 3. The molecule has 3 aromatic carbocycles. The molecule has 0 atom stereocenters. The number of carbonyl (C=O) groups is 1. The van der Waals surface area contributed by atoms with E-state index in [1.54, 1.807) is 30.3 Å². The Labute approximate surface area is 208 Å². The van der Waals surface area contributed by atoms with Crippen LogP contribution < -0.4 is 10.1 Å². The molecule has 1 heterocycles. The van der Waals surface area contributed by atoms with Gasteiger partial charge in [-0.25, -0.2) is 4.39 Å². The average molecular weight is 491 g/mol. The molecule has 0 aliphatic carbocycles. The van der Waals surface area contributed by atoms with E-state index in [-0.39, 0.29) is 17.5 Å². The van der Waals surface area contributed by atoms with Crippen LogP contribution in [0.5, 0.6) is 5.75 Å². The Morgan fingerprint density at radius 1 is 1.00 bits per heavy atom. The van der Waals surface area contributed by atoms with Crippen LogP contribution in [-0.2, 0) is 17.9 Å². The number of halogens is 1. The van der Waals surface area contributed by atoms with Gasteiger partial charge in [0, 0.05) is 12.2 Å². The van der Waals surface area contributed by atoms with Gasteiger partial charge >= 0.3 is 0 Å². The molecule has 0 fully saturated rings. The summed E-state index contributed by atoms with van der Waals surface area (Å²) in [5.74, 6) is 1.12. The Morgan fingerprint density at radius 3 is 2.43 bits per heavy atom. The maximum atomic E-state index is 14.4. The van der Waals surface area contributed by atoms with Crippen molar-refractivity contribution < 1.29 is 13.9 Å². The number of aromatic nitrogens is 3. The van der Waals surface area contributed by atoms with Gasteiger partial charge in [0.05, 0.1) is 11.3 Å². The molecule has 0 saturated heterocycles. The zero-order chi connectivity index (χ0) is 24.6. The number of hydrogen-bond acceptors (Lipinski definition) is 5. The van der Waals surface area contributed by atoms with E-state index in [0.717, 1.165) is 11.3 Å². The monoisotopic (exact) mass is 490 g/mol. The topological polar surface area (TPSA) is 69.0 Å². The summed E-state index contributed by atoms with van der Waals surface area (Å²) in [7, 11) is 0. The van der Waals surface area contributed by atoms with Crippen molar-refractivity contribution in [2.24, 2.45) is 5.92 Å². The molecule has 0 aliphatic rings. The molecule has 8 heteroatoms. The van der Waals surface area contributed by atoms with E-state index < -0.39 is 0 Å². The fourth-order valence-corrected chi connectivity index (χ4v) is 4.22. The summed E-state index contributed by atoms with van der Waals surface area (Å²) in [4.78, 5) is 12.6. The van der Waals surface area contributed by atoms with E-state index in [4.69, 9.17) is 4.74 Å². The maximum absolute atomic E-state index is 14.4. The van der Waals surface area contributed by atoms with E-state index in [1.807, 2.05) is 47.0 Å². The zero-order valence-electron chi connectivity index (χ0n) is 19.6. The predicted octanol–water partition coefficient (Wildman–Crippen LogP) is 6.05. The smallest absolute Gasteiger partial charge is 0.234 e. The van der Waals surface area contributed by atoms with E-state index >= 15 is 0 Å². The average Bonchev–Trinajstić information content (AvgIpc) is 3.24. The number of thioether (sulfide) groups is 1. The molecule has 4 rings (SSSR count). The van der Waals surface area contributed by atoms with Gasteiger partial charge in [-0.2, -0.15) is 0 Å². The largest absolute Gasteiger partial charge is 0.489 e. The van der Waals surface area contributed by atoms with Crippen molar-refractivity contribution in [2.45, 2.75) is 32.2 Å². The first-order chi connectivity index (χ1) is 17.0. The molecule has 1 amide bonds. The third-order valence-electron chi connectivity index (χ3n) is 5.10. The fourth-order valence-electron chi connectivity index (χ4n) is 3.47. The summed E-state index contributed by atoms with van der Waals surface area (Å²) < 4.78 is 22.0. The van der Waals surface area contributed by atoms with Gasteiger partial charge in [-0.3, -0.25) is 4.79 Å². The van der Waals surface area contributed by atoms with Crippen LogP contribution in [0.25, 0.3) is 11.4 Å². The first-order valence-electron chi connectivity index (χ1n) is 11.4. The number of carbonyl (C=O) groups excluding carboxylic acids is 1. The van der Waals surface area contributed by atoms with E-state index in [9.17, 15) is 9.18 Å².